The molecule has 4 nitrogen and oxygen atoms in total. The number of ether oxygens (including phenoxy) is 2. The summed E-state index contributed by atoms with van der Waals surface area (Å²) < 4.78 is 11.0. The van der Waals surface area contributed by atoms with Gasteiger partial charge < -0.3 is 20.9 Å². The zero-order valence-corrected chi connectivity index (χ0v) is 9.48. The van der Waals surface area contributed by atoms with E-state index in [1.54, 1.807) is 0 Å². The highest BCUT2D eigenvalue weighted by Gasteiger charge is 2.17. The maximum Gasteiger partial charge on any atom is 0.161 e. The van der Waals surface area contributed by atoms with Crippen LogP contribution in [0.5, 0.6) is 11.5 Å². The van der Waals surface area contributed by atoms with Crippen LogP contribution in [0.25, 0.3) is 0 Å². The molecule has 2 atom stereocenters. The Morgan fingerprint density at radius 2 is 1.94 bits per heavy atom. The first-order chi connectivity index (χ1) is 7.72. The molecule has 1 aliphatic rings. The highest BCUT2D eigenvalue weighted by Crippen LogP contribution is 2.33. The first kappa shape index (κ1) is 11.2. The fourth-order valence-corrected chi connectivity index (χ4v) is 1.74. The summed E-state index contributed by atoms with van der Waals surface area (Å²) in [5.74, 6) is 1.83. The van der Waals surface area contributed by atoms with E-state index in [9.17, 15) is 0 Å². The number of fused-ring (bicyclic) bond motifs is 1. The lowest BCUT2D eigenvalue weighted by Gasteiger charge is -2.22. The summed E-state index contributed by atoms with van der Waals surface area (Å²) in [6.07, 6.45) is 0. The van der Waals surface area contributed by atoms with Gasteiger partial charge in [0.1, 0.15) is 13.2 Å². The summed E-state index contributed by atoms with van der Waals surface area (Å²) in [6.45, 7) is 3.83. The zero-order chi connectivity index (χ0) is 11.5. The van der Waals surface area contributed by atoms with Gasteiger partial charge >= 0.3 is 0 Å². The molecule has 2 unspecified atom stereocenters. The second-order valence-corrected chi connectivity index (χ2v) is 4.14. The average Bonchev–Trinajstić information content (AvgIpc) is 2.36. The first-order valence-electron chi connectivity index (χ1n) is 5.57. The topological polar surface area (TPSA) is 70.5 Å². The molecular weight excluding hydrogens is 204 g/mol. The van der Waals surface area contributed by atoms with Crippen molar-refractivity contribution in [2.45, 2.75) is 13.0 Å². The molecule has 4 heteroatoms. The molecule has 1 heterocycles. The SMILES string of the molecule is CC(CN)C(N)c1ccc2c(c1)OCCO2. The van der Waals surface area contributed by atoms with Gasteiger partial charge in [-0.3, -0.25) is 0 Å². The van der Waals surface area contributed by atoms with Gasteiger partial charge in [-0.25, -0.2) is 0 Å². The summed E-state index contributed by atoms with van der Waals surface area (Å²) in [6, 6.07) is 5.78. The molecule has 1 aliphatic heterocycles. The number of rotatable bonds is 3. The molecule has 88 valence electrons. The smallest absolute Gasteiger partial charge is 0.161 e. The van der Waals surface area contributed by atoms with Crippen molar-refractivity contribution in [3.8, 4) is 11.5 Å². The Labute approximate surface area is 95.5 Å². The van der Waals surface area contributed by atoms with Crippen molar-refractivity contribution in [1.82, 2.24) is 0 Å². The maximum absolute atomic E-state index is 6.11. The molecule has 16 heavy (non-hydrogen) atoms. The summed E-state index contributed by atoms with van der Waals surface area (Å²) in [5, 5.41) is 0. The molecule has 0 fully saturated rings. The van der Waals surface area contributed by atoms with Crippen LogP contribution in [0, 0.1) is 5.92 Å². The molecule has 2 rings (SSSR count). The van der Waals surface area contributed by atoms with Crippen LogP contribution in [0.1, 0.15) is 18.5 Å². The molecule has 0 amide bonds. The number of benzene rings is 1. The molecule has 0 saturated carbocycles. The summed E-state index contributed by atoms with van der Waals surface area (Å²) in [7, 11) is 0. The van der Waals surface area contributed by atoms with E-state index in [0.717, 1.165) is 17.1 Å². The van der Waals surface area contributed by atoms with Crippen molar-refractivity contribution in [3.05, 3.63) is 23.8 Å². The Balaban J connectivity index is 2.22. The lowest BCUT2D eigenvalue weighted by Crippen LogP contribution is -2.25. The monoisotopic (exact) mass is 222 g/mol. The van der Waals surface area contributed by atoms with Crippen LogP contribution in [0.4, 0.5) is 0 Å². The van der Waals surface area contributed by atoms with Gasteiger partial charge in [-0.15, -0.1) is 0 Å². The number of nitrogens with two attached hydrogens (primary N) is 2. The third-order valence-electron chi connectivity index (χ3n) is 2.94. The normalized spacial score (nSPS) is 17.9. The van der Waals surface area contributed by atoms with Crippen LogP contribution in [0.2, 0.25) is 0 Å². The van der Waals surface area contributed by atoms with Crippen LogP contribution in [-0.2, 0) is 0 Å². The van der Waals surface area contributed by atoms with E-state index in [1.807, 2.05) is 25.1 Å². The third kappa shape index (κ3) is 2.13. The van der Waals surface area contributed by atoms with Crippen LogP contribution in [0.3, 0.4) is 0 Å². The second kappa shape index (κ2) is 4.72. The Kier molecular flexibility index (Phi) is 3.31. The fraction of sp³-hybridized carbons (Fsp3) is 0.500. The van der Waals surface area contributed by atoms with Crippen molar-refractivity contribution in [2.24, 2.45) is 17.4 Å². The molecule has 1 aromatic rings. The molecular formula is C12H18N2O2. The highest BCUT2D eigenvalue weighted by molar-refractivity contribution is 5.44. The van der Waals surface area contributed by atoms with Gasteiger partial charge in [0.15, 0.2) is 11.5 Å². The Morgan fingerprint density at radius 1 is 1.25 bits per heavy atom. The average molecular weight is 222 g/mol. The molecule has 0 saturated heterocycles. The van der Waals surface area contributed by atoms with Crippen molar-refractivity contribution >= 4 is 0 Å². The molecule has 0 spiro atoms. The third-order valence-corrected chi connectivity index (χ3v) is 2.94. The Morgan fingerprint density at radius 3 is 2.62 bits per heavy atom. The predicted octanol–water partition coefficient (Wildman–Crippen LogP) is 1.05. The molecule has 0 bridgehead atoms. The van der Waals surface area contributed by atoms with Gasteiger partial charge in [-0.2, -0.15) is 0 Å². The van der Waals surface area contributed by atoms with Crippen molar-refractivity contribution < 1.29 is 9.47 Å². The minimum Gasteiger partial charge on any atom is -0.486 e. The van der Waals surface area contributed by atoms with Gasteiger partial charge in [-0.05, 0) is 30.2 Å². The van der Waals surface area contributed by atoms with Gasteiger partial charge in [0.2, 0.25) is 0 Å². The minimum absolute atomic E-state index is 0.0548. The van der Waals surface area contributed by atoms with Crippen LogP contribution in [-0.4, -0.2) is 19.8 Å². The molecule has 0 aliphatic carbocycles. The summed E-state index contributed by atoms with van der Waals surface area (Å²) in [5.41, 5.74) is 12.8. The quantitative estimate of drug-likeness (QED) is 0.802. The van der Waals surface area contributed by atoms with Crippen molar-refractivity contribution in [2.75, 3.05) is 19.8 Å². The number of hydrogen-bond donors (Lipinski definition) is 2. The summed E-state index contributed by atoms with van der Waals surface area (Å²) >= 11 is 0. The van der Waals surface area contributed by atoms with E-state index in [2.05, 4.69) is 0 Å². The van der Waals surface area contributed by atoms with E-state index in [0.29, 0.717) is 19.8 Å². The van der Waals surface area contributed by atoms with Crippen molar-refractivity contribution in [1.29, 1.82) is 0 Å². The maximum atomic E-state index is 6.11. The lowest BCUT2D eigenvalue weighted by molar-refractivity contribution is 0.171. The summed E-state index contributed by atoms with van der Waals surface area (Å²) in [4.78, 5) is 0. The Bertz CT molecular complexity index is 368. The lowest BCUT2D eigenvalue weighted by atomic mass is 9.95. The zero-order valence-electron chi connectivity index (χ0n) is 9.48. The van der Waals surface area contributed by atoms with Crippen LogP contribution >= 0.6 is 0 Å². The van der Waals surface area contributed by atoms with E-state index in [-0.39, 0.29) is 12.0 Å². The molecule has 4 N–H and O–H groups in total. The molecule has 0 radical (unpaired) electrons. The molecule has 1 aromatic carbocycles. The van der Waals surface area contributed by atoms with E-state index >= 15 is 0 Å². The highest BCUT2D eigenvalue weighted by atomic mass is 16.6. The van der Waals surface area contributed by atoms with Gasteiger partial charge in [0, 0.05) is 6.04 Å². The van der Waals surface area contributed by atoms with Gasteiger partial charge in [0.05, 0.1) is 0 Å². The number of hydrogen-bond acceptors (Lipinski definition) is 4. The second-order valence-electron chi connectivity index (χ2n) is 4.14. The fourth-order valence-electron chi connectivity index (χ4n) is 1.74. The first-order valence-corrected chi connectivity index (χ1v) is 5.57. The minimum atomic E-state index is -0.0548. The van der Waals surface area contributed by atoms with Crippen molar-refractivity contribution in [3.63, 3.8) is 0 Å². The van der Waals surface area contributed by atoms with E-state index < -0.39 is 0 Å². The molecule has 0 aromatic heterocycles. The predicted molar refractivity (Wildman–Crippen MR) is 62.6 cm³/mol. The largest absolute Gasteiger partial charge is 0.486 e. The van der Waals surface area contributed by atoms with Crippen LogP contribution < -0.4 is 20.9 Å². The van der Waals surface area contributed by atoms with E-state index in [4.69, 9.17) is 20.9 Å². The Hall–Kier alpha value is -1.26. The van der Waals surface area contributed by atoms with Crippen LogP contribution in [0.15, 0.2) is 18.2 Å². The van der Waals surface area contributed by atoms with E-state index in [1.165, 1.54) is 0 Å². The standard InChI is InChI=1S/C12H18N2O2/c1-8(7-13)12(14)9-2-3-10-11(6-9)16-5-4-15-10/h2-3,6,8,12H,4-5,7,13-14H2,1H3. The van der Waals surface area contributed by atoms with Gasteiger partial charge in [-0.1, -0.05) is 13.0 Å². The van der Waals surface area contributed by atoms with Gasteiger partial charge in [0.25, 0.3) is 0 Å².